The highest BCUT2D eigenvalue weighted by Crippen LogP contribution is 2.37. The molecule has 4 rings (SSSR count). The van der Waals surface area contributed by atoms with Crippen LogP contribution in [0.1, 0.15) is 63.0 Å². The number of nitrogens with one attached hydrogen (secondary N) is 2. The molecule has 196 valence electrons. The summed E-state index contributed by atoms with van der Waals surface area (Å²) in [4.78, 5) is 28.7. The van der Waals surface area contributed by atoms with Crippen LogP contribution in [0.4, 0.5) is 17.5 Å². The number of fused-ring (bicyclic) bond motifs is 1. The second kappa shape index (κ2) is 10.9. The fourth-order valence-corrected chi connectivity index (χ4v) is 4.69. The molecule has 4 heterocycles. The number of ether oxygens (including phenoxy) is 2. The molecule has 2 aliphatic heterocycles. The second-order valence-electron chi connectivity index (χ2n) is 10.5. The Hall–Kier alpha value is -3.14. The maximum absolute atomic E-state index is 12.3. The van der Waals surface area contributed by atoms with Gasteiger partial charge in [0.05, 0.1) is 7.11 Å². The molecule has 2 aliphatic rings. The minimum Gasteiger partial charge on any atom is -0.490 e. The lowest BCUT2D eigenvalue weighted by Gasteiger charge is -2.34. The summed E-state index contributed by atoms with van der Waals surface area (Å²) < 4.78 is 11.1. The first kappa shape index (κ1) is 25.9. The SMILES string of the molecule is COc1c(NCC(N)C(=O)OC(C)(C)C)nc(C)nc1N1CCC(c2ccc3c(n2)NCCC3)CC1. The molecule has 10 heteroatoms. The van der Waals surface area contributed by atoms with Crippen LogP contribution >= 0.6 is 0 Å². The van der Waals surface area contributed by atoms with E-state index in [4.69, 9.17) is 25.2 Å². The van der Waals surface area contributed by atoms with Crippen molar-refractivity contribution in [3.05, 3.63) is 29.2 Å². The molecule has 1 saturated heterocycles. The zero-order chi connectivity index (χ0) is 25.9. The summed E-state index contributed by atoms with van der Waals surface area (Å²) in [5, 5.41) is 6.61. The highest BCUT2D eigenvalue weighted by Gasteiger charge is 2.28. The summed E-state index contributed by atoms with van der Waals surface area (Å²) in [5.74, 6) is 3.42. The van der Waals surface area contributed by atoms with Gasteiger partial charge in [0.25, 0.3) is 0 Å². The van der Waals surface area contributed by atoms with Gasteiger partial charge >= 0.3 is 5.97 Å². The molecule has 0 bridgehead atoms. The number of nitrogens with two attached hydrogens (primary N) is 1. The summed E-state index contributed by atoms with van der Waals surface area (Å²) in [5.41, 5.74) is 7.93. The molecule has 0 saturated carbocycles. The molecule has 0 radical (unpaired) electrons. The van der Waals surface area contributed by atoms with E-state index in [-0.39, 0.29) is 6.54 Å². The number of rotatable bonds is 7. The highest BCUT2D eigenvalue weighted by atomic mass is 16.6. The van der Waals surface area contributed by atoms with Crippen molar-refractivity contribution in [2.24, 2.45) is 5.73 Å². The molecule has 1 fully saturated rings. The molecule has 1 unspecified atom stereocenters. The van der Waals surface area contributed by atoms with Crippen LogP contribution in [0, 0.1) is 6.92 Å². The molecule has 10 nitrogen and oxygen atoms in total. The number of nitrogens with zero attached hydrogens (tertiary/aromatic N) is 4. The first-order chi connectivity index (χ1) is 17.1. The smallest absolute Gasteiger partial charge is 0.325 e. The summed E-state index contributed by atoms with van der Waals surface area (Å²) >= 11 is 0. The molecule has 0 amide bonds. The van der Waals surface area contributed by atoms with E-state index in [0.717, 1.165) is 62.6 Å². The van der Waals surface area contributed by atoms with Crippen LogP contribution in [0.5, 0.6) is 5.75 Å². The van der Waals surface area contributed by atoms with E-state index in [1.165, 1.54) is 5.56 Å². The number of piperidine rings is 1. The Kier molecular flexibility index (Phi) is 7.82. The van der Waals surface area contributed by atoms with Gasteiger partial charge in [-0.1, -0.05) is 6.07 Å². The van der Waals surface area contributed by atoms with E-state index in [9.17, 15) is 4.79 Å². The molecular weight excluding hydrogens is 458 g/mol. The number of aromatic nitrogens is 3. The average Bonchev–Trinajstić information content (AvgIpc) is 2.85. The molecule has 36 heavy (non-hydrogen) atoms. The van der Waals surface area contributed by atoms with Crippen molar-refractivity contribution < 1.29 is 14.3 Å². The van der Waals surface area contributed by atoms with E-state index in [1.807, 2.05) is 27.7 Å². The predicted octanol–water partition coefficient (Wildman–Crippen LogP) is 3.01. The van der Waals surface area contributed by atoms with Crippen molar-refractivity contribution in [2.75, 3.05) is 48.8 Å². The van der Waals surface area contributed by atoms with Crippen LogP contribution in [0.3, 0.4) is 0 Å². The normalized spacial score (nSPS) is 17.1. The van der Waals surface area contributed by atoms with Gasteiger partial charge in [0.15, 0.2) is 11.6 Å². The number of hydrogen-bond donors (Lipinski definition) is 3. The number of carbonyl (C=O) groups is 1. The largest absolute Gasteiger partial charge is 0.490 e. The van der Waals surface area contributed by atoms with Crippen molar-refractivity contribution in [3.63, 3.8) is 0 Å². The van der Waals surface area contributed by atoms with E-state index < -0.39 is 17.6 Å². The maximum atomic E-state index is 12.3. The lowest BCUT2D eigenvalue weighted by atomic mass is 9.92. The standard InChI is InChI=1S/C26H39N7O3/c1-16-30-23(29-15-19(27)25(34)36-26(2,3)4)21(35-5)24(31-16)33-13-10-17(11-14-33)20-9-8-18-7-6-12-28-22(18)32-20/h8-9,17,19H,6-7,10-15,27H2,1-5H3,(H,28,32)(H,29,30,31). The third-order valence-corrected chi connectivity index (χ3v) is 6.49. The molecule has 2 aromatic rings. The number of methoxy groups -OCH3 is 1. The van der Waals surface area contributed by atoms with E-state index >= 15 is 0 Å². The van der Waals surface area contributed by atoms with Gasteiger partial charge in [0.1, 0.15) is 23.3 Å². The predicted molar refractivity (Wildman–Crippen MR) is 141 cm³/mol. The molecule has 0 spiro atoms. The number of esters is 1. The van der Waals surface area contributed by atoms with Gasteiger partial charge in [-0.05, 0) is 65.0 Å². The summed E-state index contributed by atoms with van der Waals surface area (Å²) in [6.45, 7) is 10.1. The Morgan fingerprint density at radius 1 is 1.25 bits per heavy atom. The fourth-order valence-electron chi connectivity index (χ4n) is 4.69. The van der Waals surface area contributed by atoms with Gasteiger partial charge in [-0.3, -0.25) is 4.79 Å². The molecule has 2 aromatic heterocycles. The van der Waals surface area contributed by atoms with Gasteiger partial charge in [-0.15, -0.1) is 0 Å². The monoisotopic (exact) mass is 497 g/mol. The topological polar surface area (TPSA) is 128 Å². The second-order valence-corrected chi connectivity index (χ2v) is 10.5. The number of pyridine rings is 1. The maximum Gasteiger partial charge on any atom is 0.325 e. The third kappa shape index (κ3) is 6.16. The zero-order valence-electron chi connectivity index (χ0n) is 22.1. The van der Waals surface area contributed by atoms with Gasteiger partial charge in [-0.2, -0.15) is 0 Å². The first-order valence-electron chi connectivity index (χ1n) is 12.8. The van der Waals surface area contributed by atoms with E-state index in [2.05, 4.69) is 32.7 Å². The van der Waals surface area contributed by atoms with Gasteiger partial charge in [-0.25, -0.2) is 15.0 Å². The number of anilines is 3. The van der Waals surface area contributed by atoms with Gasteiger partial charge in [0, 0.05) is 37.8 Å². The Labute approximate surface area is 213 Å². The van der Waals surface area contributed by atoms with Crippen LogP contribution in [0.25, 0.3) is 0 Å². The van der Waals surface area contributed by atoms with Crippen LogP contribution < -0.4 is 26.0 Å². The molecule has 4 N–H and O–H groups in total. The van der Waals surface area contributed by atoms with E-state index in [0.29, 0.717) is 23.3 Å². The Bertz CT molecular complexity index is 1080. The first-order valence-corrected chi connectivity index (χ1v) is 12.8. The lowest BCUT2D eigenvalue weighted by molar-refractivity contribution is -0.156. The van der Waals surface area contributed by atoms with Crippen LogP contribution in [-0.2, 0) is 16.0 Å². The van der Waals surface area contributed by atoms with Crippen molar-refractivity contribution in [1.82, 2.24) is 15.0 Å². The Balaban J connectivity index is 1.43. The number of hydrogen-bond acceptors (Lipinski definition) is 10. The quantitative estimate of drug-likeness (QED) is 0.491. The average molecular weight is 498 g/mol. The van der Waals surface area contributed by atoms with Crippen molar-refractivity contribution >= 4 is 23.4 Å². The third-order valence-electron chi connectivity index (χ3n) is 6.49. The van der Waals surface area contributed by atoms with Gasteiger partial charge < -0.3 is 30.7 Å². The summed E-state index contributed by atoms with van der Waals surface area (Å²) in [7, 11) is 1.60. The minimum absolute atomic E-state index is 0.168. The molecular formula is C26H39N7O3. The lowest BCUT2D eigenvalue weighted by Crippen LogP contribution is -2.42. The Morgan fingerprint density at radius 2 is 2.00 bits per heavy atom. The summed E-state index contributed by atoms with van der Waals surface area (Å²) in [6, 6.07) is 3.59. The van der Waals surface area contributed by atoms with Crippen molar-refractivity contribution in [2.45, 2.75) is 70.9 Å². The van der Waals surface area contributed by atoms with Gasteiger partial charge in [0.2, 0.25) is 5.75 Å². The Morgan fingerprint density at radius 3 is 2.69 bits per heavy atom. The van der Waals surface area contributed by atoms with Crippen molar-refractivity contribution in [1.29, 1.82) is 0 Å². The molecule has 0 aliphatic carbocycles. The molecule has 0 aromatic carbocycles. The fraction of sp³-hybridized carbons (Fsp3) is 0.615. The zero-order valence-corrected chi connectivity index (χ0v) is 22.1. The van der Waals surface area contributed by atoms with Crippen LogP contribution in [0.2, 0.25) is 0 Å². The van der Waals surface area contributed by atoms with Crippen LogP contribution in [-0.4, -0.2) is 65.9 Å². The highest BCUT2D eigenvalue weighted by molar-refractivity contribution is 5.77. The minimum atomic E-state index is -0.831. The van der Waals surface area contributed by atoms with E-state index in [1.54, 1.807) is 7.11 Å². The number of aryl methyl sites for hydroxylation is 2. The van der Waals surface area contributed by atoms with Crippen LogP contribution in [0.15, 0.2) is 12.1 Å². The number of carbonyl (C=O) groups excluding carboxylic acids is 1. The molecule has 1 atom stereocenters. The van der Waals surface area contributed by atoms with Crippen molar-refractivity contribution in [3.8, 4) is 5.75 Å². The summed E-state index contributed by atoms with van der Waals surface area (Å²) in [6.07, 6.45) is 4.21.